The van der Waals surface area contributed by atoms with Crippen molar-refractivity contribution >= 4 is 11.7 Å². The molecule has 1 heterocycles. The summed E-state index contributed by atoms with van der Waals surface area (Å²) >= 11 is 0. The van der Waals surface area contributed by atoms with Crippen LogP contribution in [0.25, 0.3) is 0 Å². The molecule has 0 aliphatic heterocycles. The molecular weight excluding hydrogens is 232 g/mol. The Hall–Kier alpha value is -1.85. The molecule has 0 bridgehead atoms. The summed E-state index contributed by atoms with van der Waals surface area (Å²) in [5.41, 5.74) is -0.200. The van der Waals surface area contributed by atoms with Gasteiger partial charge in [0.2, 0.25) is 5.91 Å². The Labute approximate surface area is 106 Å². The van der Waals surface area contributed by atoms with Crippen LogP contribution in [0.4, 0.5) is 5.82 Å². The van der Waals surface area contributed by atoms with E-state index in [0.29, 0.717) is 37.1 Å². The highest BCUT2D eigenvalue weighted by Crippen LogP contribution is 1.98. The molecule has 3 N–H and O–H groups in total. The number of hydrogen-bond acceptors (Lipinski definition) is 4. The van der Waals surface area contributed by atoms with Crippen LogP contribution in [0.2, 0.25) is 0 Å². The Balaban J connectivity index is 2.33. The summed E-state index contributed by atoms with van der Waals surface area (Å²) in [6.45, 7) is 6.94. The van der Waals surface area contributed by atoms with Crippen molar-refractivity contribution in [3.05, 3.63) is 22.2 Å². The van der Waals surface area contributed by atoms with Crippen LogP contribution in [0.3, 0.4) is 0 Å². The quantitative estimate of drug-likeness (QED) is 0.694. The minimum absolute atomic E-state index is 0.00207. The number of rotatable bonds is 6. The molecule has 1 rings (SSSR count). The smallest absolute Gasteiger partial charge is 0.252 e. The van der Waals surface area contributed by atoms with Crippen molar-refractivity contribution in [3.63, 3.8) is 0 Å². The van der Waals surface area contributed by atoms with Gasteiger partial charge in [0.15, 0.2) is 0 Å². The van der Waals surface area contributed by atoms with E-state index < -0.39 is 0 Å². The molecule has 0 saturated carbocycles. The number of aryl methyl sites for hydroxylation is 1. The SMILES string of the molecule is Cc1nc(NCCC(=O)NCC(C)C)cc(=O)[nH]1. The zero-order valence-corrected chi connectivity index (χ0v) is 11.0. The lowest BCUT2D eigenvalue weighted by atomic mass is 10.2. The summed E-state index contributed by atoms with van der Waals surface area (Å²) in [6.07, 6.45) is 0.361. The van der Waals surface area contributed by atoms with Gasteiger partial charge in [0.05, 0.1) is 0 Å². The minimum Gasteiger partial charge on any atom is -0.369 e. The van der Waals surface area contributed by atoms with Crippen molar-refractivity contribution in [2.75, 3.05) is 18.4 Å². The topological polar surface area (TPSA) is 86.9 Å². The van der Waals surface area contributed by atoms with E-state index in [-0.39, 0.29) is 11.5 Å². The monoisotopic (exact) mass is 252 g/mol. The van der Waals surface area contributed by atoms with E-state index >= 15 is 0 Å². The molecule has 6 nitrogen and oxygen atoms in total. The van der Waals surface area contributed by atoms with Crippen molar-refractivity contribution < 1.29 is 4.79 Å². The molecule has 0 fully saturated rings. The molecule has 0 aliphatic rings. The maximum absolute atomic E-state index is 11.4. The molecule has 6 heteroatoms. The predicted octanol–water partition coefficient (Wildman–Crippen LogP) is 0.653. The number of nitrogens with zero attached hydrogens (tertiary/aromatic N) is 1. The molecule has 0 atom stereocenters. The fourth-order valence-corrected chi connectivity index (χ4v) is 1.38. The van der Waals surface area contributed by atoms with Gasteiger partial charge < -0.3 is 15.6 Å². The Morgan fingerprint density at radius 3 is 2.83 bits per heavy atom. The number of carbonyl (C=O) groups excluding carboxylic acids is 1. The lowest BCUT2D eigenvalue weighted by molar-refractivity contribution is -0.120. The van der Waals surface area contributed by atoms with Crippen LogP contribution in [-0.4, -0.2) is 29.0 Å². The maximum Gasteiger partial charge on any atom is 0.252 e. The highest BCUT2D eigenvalue weighted by atomic mass is 16.1. The van der Waals surface area contributed by atoms with Crippen molar-refractivity contribution in [1.82, 2.24) is 15.3 Å². The highest BCUT2D eigenvalue weighted by molar-refractivity contribution is 5.76. The fourth-order valence-electron chi connectivity index (χ4n) is 1.38. The van der Waals surface area contributed by atoms with Crippen LogP contribution in [0, 0.1) is 12.8 Å². The molecule has 18 heavy (non-hydrogen) atoms. The van der Waals surface area contributed by atoms with Crippen LogP contribution in [0.1, 0.15) is 26.1 Å². The van der Waals surface area contributed by atoms with Crippen LogP contribution < -0.4 is 16.2 Å². The van der Waals surface area contributed by atoms with E-state index in [1.54, 1.807) is 6.92 Å². The minimum atomic E-state index is -0.200. The predicted molar refractivity (Wildman–Crippen MR) is 70.5 cm³/mol. The van der Waals surface area contributed by atoms with E-state index in [0.717, 1.165) is 0 Å². The standard InChI is InChI=1S/C12H20N4O2/c1-8(2)7-14-11(17)4-5-13-10-6-12(18)16-9(3)15-10/h6,8H,4-5,7H2,1-3H3,(H,14,17)(H2,13,15,16,18). The van der Waals surface area contributed by atoms with Gasteiger partial charge in [0.1, 0.15) is 11.6 Å². The maximum atomic E-state index is 11.4. The highest BCUT2D eigenvalue weighted by Gasteiger charge is 2.03. The number of amides is 1. The van der Waals surface area contributed by atoms with Gasteiger partial charge >= 0.3 is 0 Å². The number of hydrogen-bond donors (Lipinski definition) is 3. The van der Waals surface area contributed by atoms with Gasteiger partial charge in [-0.2, -0.15) is 0 Å². The van der Waals surface area contributed by atoms with Gasteiger partial charge in [0, 0.05) is 25.6 Å². The molecule has 100 valence electrons. The lowest BCUT2D eigenvalue weighted by Crippen LogP contribution is -2.28. The average molecular weight is 252 g/mol. The summed E-state index contributed by atoms with van der Waals surface area (Å²) < 4.78 is 0. The van der Waals surface area contributed by atoms with Crippen molar-refractivity contribution in [2.24, 2.45) is 5.92 Å². The van der Waals surface area contributed by atoms with Crippen molar-refractivity contribution in [2.45, 2.75) is 27.2 Å². The van der Waals surface area contributed by atoms with Crippen LogP contribution in [0.15, 0.2) is 10.9 Å². The third kappa shape index (κ3) is 5.47. The third-order valence-electron chi connectivity index (χ3n) is 2.23. The summed E-state index contributed by atoms with van der Waals surface area (Å²) in [4.78, 5) is 29.3. The lowest BCUT2D eigenvalue weighted by Gasteiger charge is -2.08. The molecule has 1 amide bonds. The Morgan fingerprint density at radius 1 is 1.50 bits per heavy atom. The van der Waals surface area contributed by atoms with Crippen molar-refractivity contribution in [1.29, 1.82) is 0 Å². The molecule has 0 unspecified atom stereocenters. The van der Waals surface area contributed by atoms with Gasteiger partial charge in [-0.1, -0.05) is 13.8 Å². The fraction of sp³-hybridized carbons (Fsp3) is 0.583. The first kappa shape index (κ1) is 14.2. The number of aromatic amines is 1. The van der Waals surface area contributed by atoms with Crippen LogP contribution >= 0.6 is 0 Å². The zero-order valence-electron chi connectivity index (χ0n) is 11.0. The van der Waals surface area contributed by atoms with Gasteiger partial charge in [-0.15, -0.1) is 0 Å². The Kier molecular flexibility index (Phi) is 5.35. The van der Waals surface area contributed by atoms with E-state index in [9.17, 15) is 9.59 Å². The number of aromatic nitrogens is 2. The van der Waals surface area contributed by atoms with Crippen molar-refractivity contribution in [3.8, 4) is 0 Å². The Morgan fingerprint density at radius 2 is 2.22 bits per heavy atom. The summed E-state index contributed by atoms with van der Waals surface area (Å²) in [7, 11) is 0. The first-order chi connectivity index (χ1) is 8.47. The van der Waals surface area contributed by atoms with E-state index in [1.807, 2.05) is 13.8 Å². The van der Waals surface area contributed by atoms with Crippen LogP contribution in [-0.2, 0) is 4.79 Å². The second-order valence-corrected chi connectivity index (χ2v) is 4.59. The molecule has 0 aliphatic carbocycles. The largest absolute Gasteiger partial charge is 0.369 e. The average Bonchev–Trinajstić information content (AvgIpc) is 2.25. The summed E-state index contributed by atoms with van der Waals surface area (Å²) in [5.74, 6) is 1.49. The van der Waals surface area contributed by atoms with Gasteiger partial charge in [-0.3, -0.25) is 9.59 Å². The molecule has 0 aromatic carbocycles. The molecule has 1 aromatic rings. The second-order valence-electron chi connectivity index (χ2n) is 4.59. The number of nitrogens with one attached hydrogen (secondary N) is 3. The molecular formula is C12H20N4O2. The number of anilines is 1. The second kappa shape index (κ2) is 6.78. The van der Waals surface area contributed by atoms with E-state index in [2.05, 4.69) is 20.6 Å². The van der Waals surface area contributed by atoms with Gasteiger partial charge in [-0.25, -0.2) is 4.98 Å². The first-order valence-corrected chi connectivity index (χ1v) is 6.06. The molecule has 0 radical (unpaired) electrons. The normalized spacial score (nSPS) is 10.4. The van der Waals surface area contributed by atoms with Crippen LogP contribution in [0.5, 0.6) is 0 Å². The third-order valence-corrected chi connectivity index (χ3v) is 2.23. The number of H-pyrrole nitrogens is 1. The molecule has 0 saturated heterocycles. The first-order valence-electron chi connectivity index (χ1n) is 6.06. The van der Waals surface area contributed by atoms with Gasteiger partial charge in [-0.05, 0) is 12.8 Å². The van der Waals surface area contributed by atoms with E-state index in [4.69, 9.17) is 0 Å². The van der Waals surface area contributed by atoms with E-state index in [1.165, 1.54) is 6.07 Å². The molecule has 0 spiro atoms. The summed E-state index contributed by atoms with van der Waals surface area (Å²) in [6, 6.07) is 1.37. The summed E-state index contributed by atoms with van der Waals surface area (Å²) in [5, 5.41) is 5.78. The Bertz CT molecular complexity index is 454. The number of carbonyl (C=O) groups is 1. The molecule has 1 aromatic heterocycles. The zero-order chi connectivity index (χ0) is 13.5. The van der Waals surface area contributed by atoms with Gasteiger partial charge in [0.25, 0.3) is 5.56 Å².